The first kappa shape index (κ1) is 19.3. The van der Waals surface area contributed by atoms with Crippen LogP contribution in [-0.2, 0) is 9.59 Å². The number of urea groups is 1. The number of hydrogen-bond donors (Lipinski definition) is 1. The lowest BCUT2D eigenvalue weighted by atomic mass is 10.0. The molecule has 0 radical (unpaired) electrons. The minimum Gasteiger partial charge on any atom is -0.325 e. The third-order valence-electron chi connectivity index (χ3n) is 4.31. The average Bonchev–Trinajstić information content (AvgIpc) is 2.65. The number of aliphatic imine (C=N–C) groups is 1. The molecule has 0 saturated heterocycles. The number of carbonyl (C=O) groups is 3. The molecule has 4 amide bonds. The van der Waals surface area contributed by atoms with E-state index in [-0.39, 0.29) is 17.6 Å². The van der Waals surface area contributed by atoms with E-state index in [0.29, 0.717) is 21.5 Å². The highest BCUT2D eigenvalue weighted by Gasteiger charge is 2.47. The van der Waals surface area contributed by atoms with Crippen molar-refractivity contribution in [1.29, 1.82) is 0 Å². The van der Waals surface area contributed by atoms with Crippen LogP contribution < -0.4 is 5.32 Å². The molecule has 0 aromatic heterocycles. The summed E-state index contributed by atoms with van der Waals surface area (Å²) in [5, 5.41) is 3.36. The number of anilines is 1. The number of aryl methyl sites for hydroxylation is 1. The van der Waals surface area contributed by atoms with Gasteiger partial charge in [-0.15, -0.1) is 16.8 Å². The van der Waals surface area contributed by atoms with Crippen molar-refractivity contribution in [1.82, 2.24) is 4.90 Å². The van der Waals surface area contributed by atoms with Crippen molar-refractivity contribution < 1.29 is 19.0 Å². The second-order valence-corrected chi connectivity index (χ2v) is 7.63. The van der Waals surface area contributed by atoms with E-state index in [4.69, 9.17) is 11.6 Å². The van der Waals surface area contributed by atoms with Crippen molar-refractivity contribution in [3.05, 3.63) is 39.8 Å². The maximum atomic E-state index is 12.5. The molecule has 0 aliphatic carbocycles. The predicted octanol–water partition coefficient (Wildman–Crippen LogP) is 2.54. The highest BCUT2D eigenvalue weighted by molar-refractivity contribution is 8.03. The lowest BCUT2D eigenvalue weighted by Gasteiger charge is -2.26. The second kappa shape index (κ2) is 7.66. The van der Waals surface area contributed by atoms with Gasteiger partial charge in [-0.25, -0.2) is 4.79 Å². The van der Waals surface area contributed by atoms with Gasteiger partial charge in [0.05, 0.1) is 19.8 Å². The van der Waals surface area contributed by atoms with Gasteiger partial charge in [-0.2, -0.15) is 9.48 Å². The molecule has 0 spiro atoms. The van der Waals surface area contributed by atoms with Crippen molar-refractivity contribution in [3.63, 3.8) is 0 Å². The van der Waals surface area contributed by atoms with Crippen molar-refractivity contribution in [3.8, 4) is 0 Å². The molecular weight excluding hydrogens is 388 g/mol. The topological polar surface area (TPSA) is 81.8 Å². The van der Waals surface area contributed by atoms with Crippen LogP contribution in [0.25, 0.3) is 0 Å². The summed E-state index contributed by atoms with van der Waals surface area (Å²) in [5.41, 5.74) is 1.54. The molecule has 2 heterocycles. The van der Waals surface area contributed by atoms with Crippen molar-refractivity contribution in [2.75, 3.05) is 25.2 Å². The minimum absolute atomic E-state index is 0.115. The fourth-order valence-electron chi connectivity index (χ4n) is 2.76. The SMILES string of the molecule is Cc1ccc(NC(=O)CSC2=CC=NC3=[N+](C)C(=O)N(C)C(=O)C23)cc1Cl. The second-order valence-electron chi connectivity index (χ2n) is 6.18. The Labute approximate surface area is 165 Å². The number of nitrogens with zero attached hydrogens (tertiary/aromatic N) is 3. The van der Waals surface area contributed by atoms with Gasteiger partial charge in [0.25, 0.3) is 5.84 Å². The lowest BCUT2D eigenvalue weighted by Crippen LogP contribution is -2.52. The molecule has 1 atom stereocenters. The van der Waals surface area contributed by atoms with Crippen LogP contribution >= 0.6 is 23.4 Å². The van der Waals surface area contributed by atoms with Gasteiger partial charge in [-0.1, -0.05) is 17.7 Å². The number of thioether (sulfide) groups is 1. The Morgan fingerprint density at radius 2 is 2.15 bits per heavy atom. The van der Waals surface area contributed by atoms with Crippen LogP contribution in [0.3, 0.4) is 0 Å². The molecule has 2 aliphatic rings. The Hall–Kier alpha value is -2.45. The largest absolute Gasteiger partial charge is 0.445 e. The summed E-state index contributed by atoms with van der Waals surface area (Å²) in [5.74, 6) is -0.752. The molecule has 9 heteroatoms. The first-order chi connectivity index (χ1) is 12.8. The molecule has 140 valence electrons. The maximum absolute atomic E-state index is 12.5. The quantitative estimate of drug-likeness (QED) is 0.780. The maximum Gasteiger partial charge on any atom is 0.445 e. The summed E-state index contributed by atoms with van der Waals surface area (Å²) in [7, 11) is 3.01. The first-order valence-corrected chi connectivity index (χ1v) is 9.51. The van der Waals surface area contributed by atoms with Crippen molar-refractivity contribution >= 4 is 58.9 Å². The standard InChI is InChI=1S/C18H17ClN4O3S/c1-10-4-5-11(8-12(10)19)21-14(24)9-27-13-6-7-20-16-15(13)17(25)23(3)18(26)22(16)2/h4-8,15H,9H2,1-3H3/p+1. The molecule has 0 saturated carbocycles. The smallest absolute Gasteiger partial charge is 0.325 e. The number of rotatable bonds is 4. The van der Waals surface area contributed by atoms with E-state index in [9.17, 15) is 14.4 Å². The molecule has 1 unspecified atom stereocenters. The van der Waals surface area contributed by atoms with Crippen LogP contribution in [0.2, 0.25) is 5.02 Å². The number of fused-ring (bicyclic) bond motifs is 1. The van der Waals surface area contributed by atoms with Gasteiger partial charge in [-0.3, -0.25) is 9.59 Å². The first-order valence-electron chi connectivity index (χ1n) is 8.14. The third-order valence-corrected chi connectivity index (χ3v) is 5.83. The van der Waals surface area contributed by atoms with Gasteiger partial charge in [0, 0.05) is 15.6 Å². The molecule has 2 aliphatic heterocycles. The Morgan fingerprint density at radius 3 is 2.85 bits per heavy atom. The number of nitrogens with one attached hydrogen (secondary N) is 1. The van der Waals surface area contributed by atoms with Gasteiger partial charge in [-0.05, 0) is 30.7 Å². The highest BCUT2D eigenvalue weighted by Crippen LogP contribution is 2.31. The van der Waals surface area contributed by atoms with Crippen LogP contribution in [0.15, 0.2) is 34.2 Å². The fraction of sp³-hybridized carbons (Fsp3) is 0.278. The van der Waals surface area contributed by atoms with Crippen molar-refractivity contribution in [2.45, 2.75) is 6.92 Å². The summed E-state index contributed by atoms with van der Waals surface area (Å²) in [6, 6.07) is 4.87. The number of carbonyl (C=O) groups excluding carboxylic acids is 3. The van der Waals surface area contributed by atoms with E-state index in [1.807, 2.05) is 13.0 Å². The number of allylic oxidation sites excluding steroid dienone is 1. The van der Waals surface area contributed by atoms with E-state index in [0.717, 1.165) is 10.5 Å². The molecule has 1 aromatic rings. The van der Waals surface area contributed by atoms with Crippen LogP contribution in [-0.4, -0.2) is 59.2 Å². The monoisotopic (exact) mass is 405 g/mol. The molecule has 1 N–H and O–H groups in total. The Balaban J connectivity index is 1.70. The zero-order chi connectivity index (χ0) is 19.7. The number of amides is 4. The summed E-state index contributed by atoms with van der Waals surface area (Å²) in [6.45, 7) is 1.88. The third kappa shape index (κ3) is 3.81. The van der Waals surface area contributed by atoms with Crippen LogP contribution in [0.4, 0.5) is 10.5 Å². The molecule has 3 rings (SSSR count). The number of hydrogen-bond acceptors (Lipinski definition) is 5. The van der Waals surface area contributed by atoms with E-state index in [2.05, 4.69) is 10.3 Å². The number of halogens is 1. The zero-order valence-electron chi connectivity index (χ0n) is 15.0. The highest BCUT2D eigenvalue weighted by atomic mass is 35.5. The summed E-state index contributed by atoms with van der Waals surface area (Å²) < 4.78 is 1.35. The van der Waals surface area contributed by atoms with Crippen LogP contribution in [0.1, 0.15) is 5.56 Å². The summed E-state index contributed by atoms with van der Waals surface area (Å²) >= 11 is 7.32. The summed E-state index contributed by atoms with van der Waals surface area (Å²) in [4.78, 5) is 42.8. The van der Waals surface area contributed by atoms with E-state index in [1.165, 1.54) is 29.6 Å². The van der Waals surface area contributed by atoms with Crippen LogP contribution in [0, 0.1) is 12.8 Å². The molecule has 27 heavy (non-hydrogen) atoms. The van der Waals surface area contributed by atoms with E-state index >= 15 is 0 Å². The summed E-state index contributed by atoms with van der Waals surface area (Å²) in [6.07, 6.45) is 3.23. The minimum atomic E-state index is -0.672. The Morgan fingerprint density at radius 1 is 1.41 bits per heavy atom. The Bertz CT molecular complexity index is 939. The molecule has 0 fully saturated rings. The lowest BCUT2D eigenvalue weighted by molar-refractivity contribution is -0.407. The number of benzene rings is 1. The molecule has 7 nitrogen and oxygen atoms in total. The number of amidine groups is 1. The van der Waals surface area contributed by atoms with E-state index < -0.39 is 11.9 Å². The van der Waals surface area contributed by atoms with Crippen LogP contribution in [0.5, 0.6) is 0 Å². The normalized spacial score (nSPS) is 19.2. The number of dihydropyridines is 1. The molecule has 1 aromatic carbocycles. The average molecular weight is 406 g/mol. The predicted molar refractivity (Wildman–Crippen MR) is 107 cm³/mol. The van der Waals surface area contributed by atoms with Gasteiger partial charge in [0.1, 0.15) is 6.21 Å². The van der Waals surface area contributed by atoms with Gasteiger partial charge >= 0.3 is 11.9 Å². The number of imide groups is 1. The molecular formula is C18H18ClN4O3S+. The van der Waals surface area contributed by atoms with E-state index in [1.54, 1.807) is 25.3 Å². The fourth-order valence-corrected chi connectivity index (χ4v) is 3.84. The van der Waals surface area contributed by atoms with Gasteiger partial charge in [0.2, 0.25) is 5.91 Å². The zero-order valence-corrected chi connectivity index (χ0v) is 16.6. The van der Waals surface area contributed by atoms with Crippen molar-refractivity contribution in [2.24, 2.45) is 10.9 Å². The van der Waals surface area contributed by atoms with Gasteiger partial charge < -0.3 is 5.32 Å². The Kier molecular flexibility index (Phi) is 5.48. The van der Waals surface area contributed by atoms with Gasteiger partial charge in [0.15, 0.2) is 5.92 Å². The molecule has 0 bridgehead atoms.